The first-order chi connectivity index (χ1) is 21.5. The number of carbonyl (C=O) groups excluding carboxylic acids is 2. The second kappa shape index (κ2) is 15.7. The van der Waals surface area contributed by atoms with Gasteiger partial charge in [0.05, 0.1) is 28.4 Å². The molecule has 5 rings (SSSR count). The number of amides is 2. The molecule has 1 aliphatic rings. The van der Waals surface area contributed by atoms with Gasteiger partial charge in [-0.05, 0) is 63.8 Å². The number of ether oxygens (including phenoxy) is 1. The molecule has 7 heteroatoms. The monoisotopic (exact) mass is 653 g/mol. The maximum Gasteiger partial charge on any atom is 0.256 e. The number of unbranched alkanes of at least 4 members (excludes halogenated alkanes) is 3. The summed E-state index contributed by atoms with van der Waals surface area (Å²) in [6.45, 7) is 5.53. The Hall–Kier alpha value is -3.94. The molecule has 0 aliphatic carbocycles. The normalized spacial score (nSPS) is 13.6. The van der Waals surface area contributed by atoms with Crippen LogP contribution < -0.4 is 10.1 Å². The first-order valence-electron chi connectivity index (χ1n) is 15.5. The highest BCUT2D eigenvalue weighted by Gasteiger charge is 2.29. The molecule has 1 fully saturated rings. The van der Waals surface area contributed by atoms with Gasteiger partial charge in [-0.3, -0.25) is 14.5 Å². The summed E-state index contributed by atoms with van der Waals surface area (Å²) in [5, 5.41) is 2.97. The molecule has 0 spiro atoms. The molecule has 4 aromatic rings. The Morgan fingerprint density at radius 3 is 2.07 bits per heavy atom. The highest BCUT2D eigenvalue weighted by molar-refractivity contribution is 9.10. The number of para-hydroxylation sites is 1. The first-order valence-corrected chi connectivity index (χ1v) is 16.3. The molecule has 0 radical (unpaired) electrons. The van der Waals surface area contributed by atoms with E-state index in [2.05, 4.69) is 81.6 Å². The summed E-state index contributed by atoms with van der Waals surface area (Å²) in [4.78, 5) is 31.3. The van der Waals surface area contributed by atoms with E-state index in [0.29, 0.717) is 36.5 Å². The highest BCUT2D eigenvalue weighted by atomic mass is 79.9. The number of benzene rings is 4. The predicted molar refractivity (Wildman–Crippen MR) is 180 cm³/mol. The number of rotatable bonds is 12. The van der Waals surface area contributed by atoms with E-state index in [1.165, 1.54) is 24.0 Å². The molecule has 0 bridgehead atoms. The summed E-state index contributed by atoms with van der Waals surface area (Å²) in [7, 11) is 0. The fraction of sp³-hybridized carbons (Fsp3) is 0.297. The summed E-state index contributed by atoms with van der Waals surface area (Å²) in [6.07, 6.45) is 4.53. The van der Waals surface area contributed by atoms with Crippen LogP contribution in [-0.4, -0.2) is 54.4 Å². The van der Waals surface area contributed by atoms with E-state index in [9.17, 15) is 9.59 Å². The van der Waals surface area contributed by atoms with E-state index < -0.39 is 0 Å². The van der Waals surface area contributed by atoms with Crippen molar-refractivity contribution in [3.05, 3.63) is 130 Å². The molecule has 4 aromatic carbocycles. The smallest absolute Gasteiger partial charge is 0.256 e. The Morgan fingerprint density at radius 2 is 1.43 bits per heavy atom. The molecule has 0 saturated carbocycles. The fourth-order valence-electron chi connectivity index (χ4n) is 5.68. The van der Waals surface area contributed by atoms with E-state index in [0.717, 1.165) is 36.2 Å². The van der Waals surface area contributed by atoms with Gasteiger partial charge in [-0.15, -0.1) is 0 Å². The molecule has 0 unspecified atom stereocenters. The number of hydrogen-bond donors (Lipinski definition) is 1. The summed E-state index contributed by atoms with van der Waals surface area (Å²) >= 11 is 3.55. The van der Waals surface area contributed by atoms with E-state index >= 15 is 0 Å². The minimum absolute atomic E-state index is 0.0791. The zero-order valence-electron chi connectivity index (χ0n) is 25.3. The zero-order chi connectivity index (χ0) is 30.7. The van der Waals surface area contributed by atoms with Gasteiger partial charge in [-0.25, -0.2) is 0 Å². The number of nitrogens with one attached hydrogen (secondary N) is 1. The van der Waals surface area contributed by atoms with Crippen molar-refractivity contribution < 1.29 is 14.3 Å². The van der Waals surface area contributed by atoms with Crippen molar-refractivity contribution in [3.8, 4) is 5.75 Å². The molecule has 1 heterocycles. The highest BCUT2D eigenvalue weighted by Crippen LogP contribution is 2.31. The molecule has 1 saturated heterocycles. The number of hydrogen-bond acceptors (Lipinski definition) is 4. The maximum absolute atomic E-state index is 13.8. The third-order valence-electron chi connectivity index (χ3n) is 8.05. The molecule has 1 aliphatic heterocycles. The molecular weight excluding hydrogens is 614 g/mol. The van der Waals surface area contributed by atoms with Gasteiger partial charge < -0.3 is 15.0 Å². The number of carbonyl (C=O) groups is 2. The van der Waals surface area contributed by atoms with E-state index in [-0.39, 0.29) is 17.9 Å². The summed E-state index contributed by atoms with van der Waals surface area (Å²) in [5.74, 6) is 0.359. The van der Waals surface area contributed by atoms with Crippen LogP contribution in [-0.2, 0) is 0 Å². The Labute approximate surface area is 269 Å². The van der Waals surface area contributed by atoms with E-state index in [1.54, 1.807) is 24.3 Å². The molecule has 0 atom stereocenters. The average molecular weight is 655 g/mol. The van der Waals surface area contributed by atoms with Crippen LogP contribution >= 0.6 is 15.9 Å². The second-order valence-electron chi connectivity index (χ2n) is 11.1. The van der Waals surface area contributed by atoms with Crippen LogP contribution in [0.1, 0.15) is 70.5 Å². The van der Waals surface area contributed by atoms with Crippen molar-refractivity contribution in [1.82, 2.24) is 9.80 Å². The Morgan fingerprint density at radius 1 is 0.795 bits per heavy atom. The lowest BCUT2D eigenvalue weighted by atomic mass is 9.96. The van der Waals surface area contributed by atoms with Crippen molar-refractivity contribution in [2.75, 3.05) is 38.1 Å². The van der Waals surface area contributed by atoms with Gasteiger partial charge in [0.1, 0.15) is 5.75 Å². The van der Waals surface area contributed by atoms with Crippen molar-refractivity contribution in [3.63, 3.8) is 0 Å². The largest absolute Gasteiger partial charge is 0.492 e. The molecular formula is C37H40BrN3O3. The Bertz CT molecular complexity index is 1480. The van der Waals surface area contributed by atoms with Gasteiger partial charge in [-0.2, -0.15) is 0 Å². The number of anilines is 1. The third kappa shape index (κ3) is 7.96. The Kier molecular flexibility index (Phi) is 11.2. The number of piperazine rings is 1. The topological polar surface area (TPSA) is 61.9 Å². The average Bonchev–Trinajstić information content (AvgIpc) is 3.06. The van der Waals surface area contributed by atoms with Crippen molar-refractivity contribution in [2.45, 2.75) is 38.6 Å². The van der Waals surface area contributed by atoms with Gasteiger partial charge >= 0.3 is 0 Å². The van der Waals surface area contributed by atoms with Gasteiger partial charge in [-0.1, -0.05) is 99.0 Å². The Balaban J connectivity index is 1.23. The van der Waals surface area contributed by atoms with Gasteiger partial charge in [0.15, 0.2) is 0 Å². The zero-order valence-corrected chi connectivity index (χ0v) is 26.8. The lowest BCUT2D eigenvalue weighted by Crippen LogP contribution is -2.50. The van der Waals surface area contributed by atoms with Crippen molar-refractivity contribution in [2.24, 2.45) is 0 Å². The quantitative estimate of drug-likeness (QED) is 0.157. The van der Waals surface area contributed by atoms with Crippen LogP contribution in [0.2, 0.25) is 0 Å². The molecule has 1 N–H and O–H groups in total. The number of nitrogens with zero attached hydrogens (tertiary/aromatic N) is 2. The second-order valence-corrected chi connectivity index (χ2v) is 12.0. The van der Waals surface area contributed by atoms with Crippen molar-refractivity contribution >= 4 is 33.4 Å². The summed E-state index contributed by atoms with van der Waals surface area (Å²) in [5.41, 5.74) is 3.96. The van der Waals surface area contributed by atoms with Gasteiger partial charge in [0.25, 0.3) is 11.8 Å². The minimum atomic E-state index is -0.279. The first kappa shape index (κ1) is 31.5. The van der Waals surface area contributed by atoms with Gasteiger partial charge in [0.2, 0.25) is 0 Å². The van der Waals surface area contributed by atoms with Crippen LogP contribution in [0.5, 0.6) is 5.75 Å². The lowest BCUT2D eigenvalue weighted by molar-refractivity contribution is 0.0598. The van der Waals surface area contributed by atoms with Crippen LogP contribution in [0.4, 0.5) is 5.69 Å². The molecule has 6 nitrogen and oxygen atoms in total. The van der Waals surface area contributed by atoms with Crippen LogP contribution in [0.15, 0.2) is 108 Å². The maximum atomic E-state index is 13.8. The van der Waals surface area contributed by atoms with Crippen LogP contribution in [0.3, 0.4) is 0 Å². The van der Waals surface area contributed by atoms with Crippen LogP contribution in [0, 0.1) is 0 Å². The SMILES string of the molecule is CCCCCCOc1ccc(C(=O)Nc2ccccc2C(=O)N2CCN(C(c3ccccc3)c3ccccc3)CC2)cc1Br. The predicted octanol–water partition coefficient (Wildman–Crippen LogP) is 8.21. The number of halogens is 1. The third-order valence-corrected chi connectivity index (χ3v) is 8.67. The van der Waals surface area contributed by atoms with Crippen LogP contribution in [0.25, 0.3) is 0 Å². The van der Waals surface area contributed by atoms with E-state index in [4.69, 9.17) is 4.74 Å². The standard InChI is InChI=1S/C37H40BrN3O3/c1-2-3-4-13-26-44-34-21-20-30(27-32(34)38)36(42)39-33-19-12-11-18-31(33)37(43)41-24-22-40(23-25-41)35(28-14-7-5-8-15-28)29-16-9-6-10-17-29/h5-12,14-21,27,35H,2-4,13,22-26H2,1H3,(H,39,42). The summed E-state index contributed by atoms with van der Waals surface area (Å²) < 4.78 is 6.62. The molecule has 44 heavy (non-hydrogen) atoms. The van der Waals surface area contributed by atoms with Gasteiger partial charge in [0, 0.05) is 31.7 Å². The molecule has 228 valence electrons. The summed E-state index contributed by atoms with van der Waals surface area (Å²) in [6, 6.07) is 33.7. The van der Waals surface area contributed by atoms with Crippen molar-refractivity contribution in [1.29, 1.82) is 0 Å². The van der Waals surface area contributed by atoms with E-state index in [1.807, 2.05) is 35.2 Å². The minimum Gasteiger partial charge on any atom is -0.492 e. The lowest BCUT2D eigenvalue weighted by Gasteiger charge is -2.40. The fourth-order valence-corrected chi connectivity index (χ4v) is 6.17. The molecule has 0 aromatic heterocycles. The molecule has 2 amide bonds.